The fourth-order valence-electron chi connectivity index (χ4n) is 3.65. The predicted octanol–water partition coefficient (Wildman–Crippen LogP) is 2.05. The first-order valence-corrected chi connectivity index (χ1v) is 9.24. The second-order valence-corrected chi connectivity index (χ2v) is 7.17. The molecule has 2 aromatic carbocycles. The van der Waals surface area contributed by atoms with Crippen LogP contribution in [-0.2, 0) is 28.0 Å². The van der Waals surface area contributed by atoms with Gasteiger partial charge in [0.1, 0.15) is 11.3 Å². The van der Waals surface area contributed by atoms with Gasteiger partial charge in [-0.1, -0.05) is 36.4 Å². The summed E-state index contributed by atoms with van der Waals surface area (Å²) >= 11 is 0. The number of hydrazine groups is 1. The molecule has 2 N–H and O–H groups in total. The van der Waals surface area contributed by atoms with E-state index in [1.165, 1.54) is 11.1 Å². The van der Waals surface area contributed by atoms with Gasteiger partial charge in [0.25, 0.3) is 11.8 Å². The summed E-state index contributed by atoms with van der Waals surface area (Å²) in [5.41, 5.74) is 4.30. The molecule has 1 saturated heterocycles. The predicted molar refractivity (Wildman–Crippen MR) is 101 cm³/mol. The average molecular weight is 379 g/mol. The normalized spacial score (nSPS) is 20.7. The number of carbonyl (C=O) groups is 3. The number of aryl methyl sites for hydroxylation is 2. The minimum absolute atomic E-state index is 0.294. The van der Waals surface area contributed by atoms with Crippen LogP contribution in [0.2, 0.25) is 0 Å². The summed E-state index contributed by atoms with van der Waals surface area (Å²) in [6.07, 6.45) is 3.22. The molecule has 28 heavy (non-hydrogen) atoms. The Labute approximate surface area is 162 Å². The lowest BCUT2D eigenvalue weighted by Gasteiger charge is -2.22. The van der Waals surface area contributed by atoms with Gasteiger partial charge in [-0.15, -0.1) is 0 Å². The van der Waals surface area contributed by atoms with Crippen LogP contribution in [0.25, 0.3) is 0 Å². The van der Waals surface area contributed by atoms with Crippen molar-refractivity contribution in [1.29, 1.82) is 0 Å². The monoisotopic (exact) mass is 379 g/mol. The molecule has 0 radical (unpaired) electrons. The molecular formula is C21H21N3O4. The summed E-state index contributed by atoms with van der Waals surface area (Å²) in [6, 6.07) is 14.0. The number of ether oxygens (including phenoxy) is 1. The van der Waals surface area contributed by atoms with Crippen LogP contribution < -0.4 is 15.5 Å². The van der Waals surface area contributed by atoms with Gasteiger partial charge in [0, 0.05) is 0 Å². The van der Waals surface area contributed by atoms with Crippen molar-refractivity contribution in [3.63, 3.8) is 0 Å². The van der Waals surface area contributed by atoms with Crippen LogP contribution in [0.5, 0.6) is 5.75 Å². The largest absolute Gasteiger partial charge is 0.484 e. The Balaban J connectivity index is 1.39. The van der Waals surface area contributed by atoms with E-state index in [-0.39, 0.29) is 6.61 Å². The Hall–Kier alpha value is -3.35. The third-order valence-electron chi connectivity index (χ3n) is 5.22. The van der Waals surface area contributed by atoms with E-state index in [2.05, 4.69) is 10.7 Å². The second kappa shape index (κ2) is 6.99. The van der Waals surface area contributed by atoms with Crippen molar-refractivity contribution >= 4 is 17.8 Å². The van der Waals surface area contributed by atoms with Gasteiger partial charge in [0.05, 0.1) is 0 Å². The summed E-state index contributed by atoms with van der Waals surface area (Å²) < 4.78 is 5.53. The molecule has 1 fully saturated rings. The summed E-state index contributed by atoms with van der Waals surface area (Å²) in [6.45, 7) is 1.31. The van der Waals surface area contributed by atoms with Gasteiger partial charge < -0.3 is 10.1 Å². The average Bonchev–Trinajstić information content (AvgIpc) is 3.25. The Kier molecular flexibility index (Phi) is 4.50. The second-order valence-electron chi connectivity index (χ2n) is 7.17. The molecule has 0 bridgehead atoms. The van der Waals surface area contributed by atoms with E-state index >= 15 is 0 Å². The number of benzene rings is 2. The molecule has 0 spiro atoms. The Morgan fingerprint density at radius 3 is 2.68 bits per heavy atom. The van der Waals surface area contributed by atoms with Gasteiger partial charge in [0.2, 0.25) is 0 Å². The van der Waals surface area contributed by atoms with Crippen molar-refractivity contribution in [1.82, 2.24) is 15.8 Å². The number of carbonyl (C=O) groups excluding carboxylic acids is 3. The molecule has 1 unspecified atom stereocenters. The smallest absolute Gasteiger partial charge is 0.344 e. The molecule has 1 heterocycles. The Bertz CT molecular complexity index is 944. The number of rotatable bonds is 5. The van der Waals surface area contributed by atoms with Crippen molar-refractivity contribution in [3.8, 4) is 5.75 Å². The van der Waals surface area contributed by atoms with Crippen molar-refractivity contribution in [2.24, 2.45) is 0 Å². The van der Waals surface area contributed by atoms with Gasteiger partial charge in [-0.25, -0.2) is 4.79 Å². The Morgan fingerprint density at radius 2 is 1.89 bits per heavy atom. The molecule has 0 aromatic heterocycles. The minimum atomic E-state index is -1.23. The molecule has 2 aliphatic rings. The fraction of sp³-hybridized carbons (Fsp3) is 0.286. The van der Waals surface area contributed by atoms with E-state index in [1.54, 1.807) is 31.2 Å². The highest BCUT2D eigenvalue weighted by Gasteiger charge is 2.49. The van der Waals surface area contributed by atoms with Gasteiger partial charge in [-0.2, -0.15) is 5.01 Å². The van der Waals surface area contributed by atoms with Crippen LogP contribution in [0.15, 0.2) is 48.5 Å². The SMILES string of the molecule is CC1(c2ccccc2)NC(=O)N(NC(=O)COc2ccc3c(c2)CCC3)C1=O. The maximum Gasteiger partial charge on any atom is 0.344 e. The minimum Gasteiger partial charge on any atom is -0.484 e. The molecular weight excluding hydrogens is 358 g/mol. The highest BCUT2D eigenvalue weighted by molar-refractivity contribution is 6.08. The zero-order valence-corrected chi connectivity index (χ0v) is 15.5. The van der Waals surface area contributed by atoms with Crippen LogP contribution in [-0.4, -0.2) is 29.5 Å². The summed E-state index contributed by atoms with van der Waals surface area (Å²) in [7, 11) is 0. The quantitative estimate of drug-likeness (QED) is 0.779. The highest BCUT2D eigenvalue weighted by atomic mass is 16.5. The lowest BCUT2D eigenvalue weighted by Crippen LogP contribution is -2.49. The van der Waals surface area contributed by atoms with Crippen LogP contribution in [0, 0.1) is 0 Å². The lowest BCUT2D eigenvalue weighted by atomic mass is 9.92. The van der Waals surface area contributed by atoms with E-state index in [0.717, 1.165) is 19.3 Å². The van der Waals surface area contributed by atoms with Crippen molar-refractivity contribution < 1.29 is 19.1 Å². The first-order valence-electron chi connectivity index (χ1n) is 9.24. The number of hydrogen-bond donors (Lipinski definition) is 2. The maximum atomic E-state index is 12.8. The molecule has 2 aromatic rings. The molecule has 7 heteroatoms. The lowest BCUT2D eigenvalue weighted by molar-refractivity contribution is -0.139. The topological polar surface area (TPSA) is 87.7 Å². The van der Waals surface area contributed by atoms with Gasteiger partial charge in [-0.3, -0.25) is 15.0 Å². The zero-order chi connectivity index (χ0) is 19.7. The number of hydrogen-bond acceptors (Lipinski definition) is 4. The van der Waals surface area contributed by atoms with E-state index in [9.17, 15) is 14.4 Å². The van der Waals surface area contributed by atoms with Gasteiger partial charge >= 0.3 is 6.03 Å². The number of nitrogens with zero attached hydrogens (tertiary/aromatic N) is 1. The molecule has 0 saturated carbocycles. The number of urea groups is 1. The van der Waals surface area contributed by atoms with Gasteiger partial charge in [-0.05, 0) is 55.0 Å². The summed E-state index contributed by atoms with van der Waals surface area (Å²) in [4.78, 5) is 37.2. The standard InChI is InChI=1S/C21H21N3O4/c1-21(16-8-3-2-4-9-16)19(26)24(20(27)22-21)23-18(25)13-28-17-11-10-14-6-5-7-15(14)12-17/h2-4,8-12H,5-7,13H2,1H3,(H,22,27)(H,23,25). The molecule has 1 atom stereocenters. The first kappa shape index (κ1) is 18.0. The molecule has 1 aliphatic heterocycles. The first-order chi connectivity index (χ1) is 13.5. The van der Waals surface area contributed by atoms with Crippen molar-refractivity contribution in [3.05, 3.63) is 65.2 Å². The van der Waals surface area contributed by atoms with E-state index in [0.29, 0.717) is 16.3 Å². The number of fused-ring (bicyclic) bond motifs is 1. The number of nitrogens with one attached hydrogen (secondary N) is 2. The fourth-order valence-corrected chi connectivity index (χ4v) is 3.65. The Morgan fingerprint density at radius 1 is 1.14 bits per heavy atom. The van der Waals surface area contributed by atoms with E-state index < -0.39 is 23.4 Å². The van der Waals surface area contributed by atoms with Crippen molar-refractivity contribution in [2.45, 2.75) is 31.7 Å². The van der Waals surface area contributed by atoms with Crippen LogP contribution in [0.4, 0.5) is 4.79 Å². The van der Waals surface area contributed by atoms with Crippen LogP contribution in [0.3, 0.4) is 0 Å². The molecule has 144 valence electrons. The van der Waals surface area contributed by atoms with Gasteiger partial charge in [0.15, 0.2) is 6.61 Å². The van der Waals surface area contributed by atoms with Crippen LogP contribution >= 0.6 is 0 Å². The highest BCUT2D eigenvalue weighted by Crippen LogP contribution is 2.28. The molecule has 7 nitrogen and oxygen atoms in total. The number of imide groups is 1. The molecule has 4 rings (SSSR count). The number of amides is 4. The summed E-state index contributed by atoms with van der Waals surface area (Å²) in [5.74, 6) is -0.530. The molecule has 4 amide bonds. The maximum absolute atomic E-state index is 12.8. The third kappa shape index (κ3) is 3.19. The van der Waals surface area contributed by atoms with Crippen LogP contribution in [0.1, 0.15) is 30.0 Å². The van der Waals surface area contributed by atoms with E-state index in [1.807, 2.05) is 24.3 Å². The zero-order valence-electron chi connectivity index (χ0n) is 15.5. The summed E-state index contributed by atoms with van der Waals surface area (Å²) in [5, 5.41) is 3.35. The van der Waals surface area contributed by atoms with Crippen molar-refractivity contribution in [2.75, 3.05) is 6.61 Å². The van der Waals surface area contributed by atoms with E-state index in [4.69, 9.17) is 4.74 Å². The third-order valence-corrected chi connectivity index (χ3v) is 5.22. The molecule has 1 aliphatic carbocycles.